The highest BCUT2D eigenvalue weighted by Gasteiger charge is 2.36. The maximum absolute atomic E-state index is 12.1. The maximum atomic E-state index is 12.1. The van der Waals surface area contributed by atoms with E-state index in [2.05, 4.69) is 4.98 Å². The standard InChI is InChI=1S/C9H13N3O4S/c1-11-5-8(10-6-11)17(15,16)12-3-2-7(4-12)9(13)14/h5-7H,2-4H2,1H3,(H,13,14)/t7-/m0/s1. The van der Waals surface area contributed by atoms with Gasteiger partial charge in [0.15, 0.2) is 5.03 Å². The predicted molar refractivity (Wildman–Crippen MR) is 57.7 cm³/mol. The highest BCUT2D eigenvalue weighted by Crippen LogP contribution is 2.23. The van der Waals surface area contributed by atoms with Crippen LogP contribution in [0.4, 0.5) is 0 Å². The minimum atomic E-state index is -3.65. The number of aromatic nitrogens is 2. The number of nitrogens with zero attached hydrogens (tertiary/aromatic N) is 3. The van der Waals surface area contributed by atoms with Crippen LogP contribution in [0.1, 0.15) is 6.42 Å². The van der Waals surface area contributed by atoms with Gasteiger partial charge in [0.1, 0.15) is 0 Å². The van der Waals surface area contributed by atoms with Crippen molar-refractivity contribution in [1.29, 1.82) is 0 Å². The second-order valence-electron chi connectivity index (χ2n) is 4.06. The monoisotopic (exact) mass is 259 g/mol. The molecule has 2 rings (SSSR count). The average Bonchev–Trinajstić information content (AvgIpc) is 2.85. The normalized spacial score (nSPS) is 21.8. The van der Waals surface area contributed by atoms with Crippen LogP contribution < -0.4 is 0 Å². The maximum Gasteiger partial charge on any atom is 0.307 e. The Morgan fingerprint density at radius 1 is 1.59 bits per heavy atom. The Labute approximate surface area is 98.7 Å². The highest BCUT2D eigenvalue weighted by atomic mass is 32.2. The molecule has 1 atom stereocenters. The van der Waals surface area contributed by atoms with E-state index in [0.29, 0.717) is 6.42 Å². The molecule has 7 nitrogen and oxygen atoms in total. The summed E-state index contributed by atoms with van der Waals surface area (Å²) in [5, 5.41) is 8.79. The minimum Gasteiger partial charge on any atom is -0.481 e. The second kappa shape index (κ2) is 4.11. The van der Waals surface area contributed by atoms with Crippen molar-refractivity contribution in [2.75, 3.05) is 13.1 Å². The van der Waals surface area contributed by atoms with E-state index in [4.69, 9.17) is 5.11 Å². The lowest BCUT2D eigenvalue weighted by Crippen LogP contribution is -2.30. The number of rotatable bonds is 3. The van der Waals surface area contributed by atoms with Crippen molar-refractivity contribution in [3.05, 3.63) is 12.5 Å². The zero-order valence-corrected chi connectivity index (χ0v) is 10.1. The van der Waals surface area contributed by atoms with Crippen LogP contribution in [-0.2, 0) is 21.9 Å². The lowest BCUT2D eigenvalue weighted by molar-refractivity contribution is -0.141. The van der Waals surface area contributed by atoms with Gasteiger partial charge in [-0.2, -0.15) is 4.31 Å². The number of carboxylic acid groups (broad SMARTS) is 1. The van der Waals surface area contributed by atoms with Crippen LogP contribution in [-0.4, -0.2) is 46.4 Å². The van der Waals surface area contributed by atoms with Gasteiger partial charge in [-0.05, 0) is 6.42 Å². The second-order valence-corrected chi connectivity index (χ2v) is 5.95. The van der Waals surface area contributed by atoms with E-state index in [0.717, 1.165) is 0 Å². The number of carboxylic acids is 1. The first kappa shape index (κ1) is 12.1. The fourth-order valence-electron chi connectivity index (χ4n) is 1.80. The van der Waals surface area contributed by atoms with Crippen molar-refractivity contribution in [3.8, 4) is 0 Å². The Morgan fingerprint density at radius 3 is 2.76 bits per heavy atom. The third-order valence-electron chi connectivity index (χ3n) is 2.79. The smallest absolute Gasteiger partial charge is 0.307 e. The van der Waals surface area contributed by atoms with E-state index in [1.54, 1.807) is 7.05 Å². The first-order valence-electron chi connectivity index (χ1n) is 5.12. The third kappa shape index (κ3) is 2.18. The van der Waals surface area contributed by atoms with Crippen LogP contribution >= 0.6 is 0 Å². The Balaban J connectivity index is 2.21. The summed E-state index contributed by atoms with van der Waals surface area (Å²) in [5.41, 5.74) is 0. The molecule has 1 N–H and O–H groups in total. The lowest BCUT2D eigenvalue weighted by Gasteiger charge is -2.13. The molecule has 0 saturated carbocycles. The molecule has 1 saturated heterocycles. The van der Waals surface area contributed by atoms with Crippen molar-refractivity contribution in [1.82, 2.24) is 13.9 Å². The molecule has 1 aromatic rings. The van der Waals surface area contributed by atoms with Gasteiger partial charge in [0, 0.05) is 26.3 Å². The Morgan fingerprint density at radius 2 is 2.29 bits per heavy atom. The van der Waals surface area contributed by atoms with Crippen molar-refractivity contribution < 1.29 is 18.3 Å². The fourth-order valence-corrected chi connectivity index (χ4v) is 3.27. The van der Waals surface area contributed by atoms with Crippen LogP contribution in [0.3, 0.4) is 0 Å². The molecule has 8 heteroatoms. The van der Waals surface area contributed by atoms with Gasteiger partial charge in [-0.15, -0.1) is 0 Å². The van der Waals surface area contributed by atoms with Crippen molar-refractivity contribution >= 4 is 16.0 Å². The summed E-state index contributed by atoms with van der Waals surface area (Å²) in [5.74, 6) is -1.57. The molecule has 0 spiro atoms. The van der Waals surface area contributed by atoms with E-state index >= 15 is 0 Å². The number of carbonyl (C=O) groups is 1. The summed E-state index contributed by atoms with van der Waals surface area (Å²) in [7, 11) is -1.97. The van der Waals surface area contributed by atoms with Crippen LogP contribution in [0.15, 0.2) is 17.6 Å². The Bertz CT molecular complexity index is 536. The highest BCUT2D eigenvalue weighted by molar-refractivity contribution is 7.89. The largest absolute Gasteiger partial charge is 0.481 e. The van der Waals surface area contributed by atoms with Crippen LogP contribution in [0.2, 0.25) is 0 Å². The van der Waals surface area contributed by atoms with Crippen molar-refractivity contribution in [3.63, 3.8) is 0 Å². The topological polar surface area (TPSA) is 92.5 Å². The zero-order valence-electron chi connectivity index (χ0n) is 9.28. The number of hydrogen-bond donors (Lipinski definition) is 1. The molecular formula is C9H13N3O4S. The van der Waals surface area contributed by atoms with E-state index in [1.807, 2.05) is 0 Å². The third-order valence-corrected chi connectivity index (χ3v) is 4.54. The predicted octanol–water partition coefficient (Wildman–Crippen LogP) is -0.485. The molecule has 2 heterocycles. The van der Waals surface area contributed by atoms with E-state index in [-0.39, 0.29) is 18.1 Å². The molecule has 0 amide bonds. The van der Waals surface area contributed by atoms with Crippen LogP contribution in [0, 0.1) is 5.92 Å². The molecule has 0 radical (unpaired) electrons. The zero-order chi connectivity index (χ0) is 12.6. The number of aryl methyl sites for hydroxylation is 1. The molecule has 1 aliphatic heterocycles. The molecule has 0 bridgehead atoms. The van der Waals surface area contributed by atoms with E-state index in [1.165, 1.54) is 21.4 Å². The van der Waals surface area contributed by atoms with Crippen molar-refractivity contribution in [2.24, 2.45) is 13.0 Å². The SMILES string of the molecule is Cn1cnc(S(=O)(=O)N2CC[C@H](C(=O)O)C2)c1. The van der Waals surface area contributed by atoms with Crippen molar-refractivity contribution in [2.45, 2.75) is 11.4 Å². The Hall–Kier alpha value is -1.41. The molecule has 17 heavy (non-hydrogen) atoms. The first-order valence-corrected chi connectivity index (χ1v) is 6.56. The van der Waals surface area contributed by atoms with Gasteiger partial charge in [0.2, 0.25) is 0 Å². The molecule has 1 aliphatic rings. The van der Waals surface area contributed by atoms with Gasteiger partial charge < -0.3 is 9.67 Å². The summed E-state index contributed by atoms with van der Waals surface area (Å²) < 4.78 is 26.9. The number of imidazole rings is 1. The molecular weight excluding hydrogens is 246 g/mol. The Kier molecular flexibility index (Phi) is 2.92. The number of hydrogen-bond acceptors (Lipinski definition) is 4. The number of aliphatic carboxylic acids is 1. The van der Waals surface area contributed by atoms with Crippen LogP contribution in [0.25, 0.3) is 0 Å². The summed E-state index contributed by atoms with van der Waals surface area (Å²) in [4.78, 5) is 14.6. The minimum absolute atomic E-state index is 0.0221. The molecule has 0 unspecified atom stereocenters. The summed E-state index contributed by atoms with van der Waals surface area (Å²) in [6.45, 7) is 0.254. The van der Waals surface area contributed by atoms with Gasteiger partial charge in [-0.25, -0.2) is 13.4 Å². The molecule has 0 aromatic carbocycles. The van der Waals surface area contributed by atoms with E-state index < -0.39 is 21.9 Å². The molecule has 94 valence electrons. The number of sulfonamides is 1. The molecule has 1 aromatic heterocycles. The van der Waals surface area contributed by atoms with E-state index in [9.17, 15) is 13.2 Å². The summed E-state index contributed by atoms with van der Waals surface area (Å²) >= 11 is 0. The van der Waals surface area contributed by atoms with Gasteiger partial charge in [-0.1, -0.05) is 0 Å². The molecule has 1 fully saturated rings. The first-order chi connectivity index (χ1) is 7.91. The average molecular weight is 259 g/mol. The van der Waals surface area contributed by atoms with Gasteiger partial charge in [-0.3, -0.25) is 4.79 Å². The molecule has 0 aliphatic carbocycles. The quantitative estimate of drug-likeness (QED) is 0.791. The summed E-state index contributed by atoms with van der Waals surface area (Å²) in [6.07, 6.45) is 3.16. The van der Waals surface area contributed by atoms with Gasteiger partial charge >= 0.3 is 5.97 Å². The van der Waals surface area contributed by atoms with Gasteiger partial charge in [0.25, 0.3) is 10.0 Å². The fraction of sp³-hybridized carbons (Fsp3) is 0.556. The van der Waals surface area contributed by atoms with Gasteiger partial charge in [0.05, 0.1) is 12.2 Å². The van der Waals surface area contributed by atoms with Crippen LogP contribution in [0.5, 0.6) is 0 Å². The summed E-state index contributed by atoms with van der Waals surface area (Å²) in [6, 6.07) is 0. The lowest BCUT2D eigenvalue weighted by atomic mass is 10.1.